The molecule has 0 atom stereocenters. The third-order valence-corrected chi connectivity index (χ3v) is 8.82. The molecular weight excluding hydrogens is 530 g/mol. The van der Waals surface area contributed by atoms with E-state index in [4.69, 9.17) is 0 Å². The van der Waals surface area contributed by atoms with Gasteiger partial charge in [-0.15, -0.1) is 0 Å². The van der Waals surface area contributed by atoms with Gasteiger partial charge in [0.2, 0.25) is 0 Å². The van der Waals surface area contributed by atoms with Gasteiger partial charge in [-0.2, -0.15) is 0 Å². The largest absolute Gasteiger partial charge is 0.355 e. The summed E-state index contributed by atoms with van der Waals surface area (Å²) in [5, 5.41) is 11.5. The van der Waals surface area contributed by atoms with E-state index in [-0.39, 0.29) is 0 Å². The summed E-state index contributed by atoms with van der Waals surface area (Å²) in [7, 11) is 0. The molecule has 0 bridgehead atoms. The van der Waals surface area contributed by atoms with E-state index in [1.807, 2.05) is 0 Å². The molecule has 208 valence electrons. The highest BCUT2D eigenvalue weighted by Gasteiger charge is 2.11. The Morgan fingerprint density at radius 2 is 0.773 bits per heavy atom. The van der Waals surface area contributed by atoms with Crippen LogP contribution in [0.2, 0.25) is 0 Å². The Morgan fingerprint density at radius 3 is 1.39 bits per heavy atom. The van der Waals surface area contributed by atoms with Crippen LogP contribution in [0.25, 0.3) is 65.7 Å². The van der Waals surface area contributed by atoms with Crippen LogP contribution in [0, 0.1) is 6.92 Å². The molecule has 0 heterocycles. The van der Waals surface area contributed by atoms with Crippen LogP contribution in [-0.2, 0) is 0 Å². The zero-order valence-electron chi connectivity index (χ0n) is 24.6. The van der Waals surface area contributed by atoms with Crippen LogP contribution in [-0.4, -0.2) is 0 Å². The van der Waals surface area contributed by atoms with Gasteiger partial charge in [-0.3, -0.25) is 0 Å². The average Bonchev–Trinajstić information content (AvgIpc) is 3.09. The maximum absolute atomic E-state index is 3.65. The Morgan fingerprint density at radius 1 is 0.341 bits per heavy atom. The molecule has 0 unspecified atom stereocenters. The molecular formula is C43H31N. The first-order valence-electron chi connectivity index (χ1n) is 15.2. The lowest BCUT2D eigenvalue weighted by Gasteiger charge is -2.14. The maximum Gasteiger partial charge on any atom is 0.0464 e. The van der Waals surface area contributed by atoms with Crippen molar-refractivity contribution < 1.29 is 0 Å². The minimum Gasteiger partial charge on any atom is -0.355 e. The Labute approximate surface area is 258 Å². The van der Waals surface area contributed by atoms with E-state index >= 15 is 0 Å². The van der Waals surface area contributed by atoms with Crippen LogP contribution >= 0.6 is 0 Å². The quantitative estimate of drug-likeness (QED) is 0.206. The SMILES string of the molecule is Cc1ccccc1-c1ccccc1Nc1ccc(-c2ccc(-c3ccc4c5ccccc5c5ccccc5c4c3)cc2)cc1. The fraction of sp³-hybridized carbons (Fsp3) is 0.0233. The summed E-state index contributed by atoms with van der Waals surface area (Å²) in [6, 6.07) is 59.1. The van der Waals surface area contributed by atoms with Gasteiger partial charge >= 0.3 is 0 Å². The van der Waals surface area contributed by atoms with Gasteiger partial charge in [-0.25, -0.2) is 0 Å². The Bertz CT molecular complexity index is 2260. The van der Waals surface area contributed by atoms with Crippen molar-refractivity contribution in [2.24, 2.45) is 0 Å². The third kappa shape index (κ3) is 4.60. The summed E-state index contributed by atoms with van der Waals surface area (Å²) in [5.41, 5.74) is 10.8. The number of hydrogen-bond donors (Lipinski definition) is 1. The highest BCUT2D eigenvalue weighted by molar-refractivity contribution is 6.25. The molecule has 0 fully saturated rings. The molecule has 0 saturated carbocycles. The number of para-hydroxylation sites is 1. The molecule has 1 N–H and O–H groups in total. The molecule has 8 aromatic rings. The second-order valence-electron chi connectivity index (χ2n) is 11.5. The highest BCUT2D eigenvalue weighted by Crippen LogP contribution is 2.38. The van der Waals surface area contributed by atoms with Crippen molar-refractivity contribution in [3.05, 3.63) is 169 Å². The average molecular weight is 562 g/mol. The molecule has 8 rings (SSSR count). The lowest BCUT2D eigenvalue weighted by atomic mass is 9.92. The molecule has 0 saturated heterocycles. The van der Waals surface area contributed by atoms with Crippen molar-refractivity contribution in [1.82, 2.24) is 0 Å². The Hall–Kier alpha value is -5.66. The fourth-order valence-electron chi connectivity index (χ4n) is 6.55. The van der Waals surface area contributed by atoms with E-state index in [0.29, 0.717) is 0 Å². The number of rotatable bonds is 5. The molecule has 0 aliphatic heterocycles. The van der Waals surface area contributed by atoms with Gasteiger partial charge in [-0.1, -0.05) is 140 Å². The van der Waals surface area contributed by atoms with E-state index in [1.165, 1.54) is 71.3 Å². The Kier molecular flexibility index (Phi) is 6.43. The summed E-state index contributed by atoms with van der Waals surface area (Å²) in [5.74, 6) is 0. The Balaban J connectivity index is 1.08. The van der Waals surface area contributed by atoms with Gasteiger partial charge in [-0.05, 0) is 96.9 Å². The maximum atomic E-state index is 3.65. The van der Waals surface area contributed by atoms with Crippen LogP contribution < -0.4 is 5.32 Å². The van der Waals surface area contributed by atoms with Gasteiger partial charge < -0.3 is 5.32 Å². The molecule has 0 aliphatic rings. The molecule has 44 heavy (non-hydrogen) atoms. The van der Waals surface area contributed by atoms with Gasteiger partial charge in [0.15, 0.2) is 0 Å². The molecule has 1 heteroatoms. The summed E-state index contributed by atoms with van der Waals surface area (Å²) in [4.78, 5) is 0. The van der Waals surface area contributed by atoms with E-state index in [9.17, 15) is 0 Å². The summed E-state index contributed by atoms with van der Waals surface area (Å²) in [6.45, 7) is 2.16. The number of fused-ring (bicyclic) bond motifs is 6. The van der Waals surface area contributed by atoms with Crippen molar-refractivity contribution in [3.8, 4) is 33.4 Å². The lowest BCUT2D eigenvalue weighted by Crippen LogP contribution is -1.94. The fourth-order valence-corrected chi connectivity index (χ4v) is 6.55. The molecule has 8 aromatic carbocycles. The first kappa shape index (κ1) is 26.0. The van der Waals surface area contributed by atoms with E-state index in [0.717, 1.165) is 11.4 Å². The first-order chi connectivity index (χ1) is 21.7. The summed E-state index contributed by atoms with van der Waals surface area (Å²) in [6.07, 6.45) is 0. The van der Waals surface area contributed by atoms with E-state index in [2.05, 4.69) is 176 Å². The zero-order chi connectivity index (χ0) is 29.5. The van der Waals surface area contributed by atoms with E-state index in [1.54, 1.807) is 0 Å². The minimum atomic E-state index is 1.07. The van der Waals surface area contributed by atoms with Crippen molar-refractivity contribution in [3.63, 3.8) is 0 Å². The molecule has 0 radical (unpaired) electrons. The molecule has 0 spiro atoms. The first-order valence-corrected chi connectivity index (χ1v) is 15.2. The number of aryl methyl sites for hydroxylation is 1. The monoisotopic (exact) mass is 561 g/mol. The van der Waals surface area contributed by atoms with Crippen molar-refractivity contribution in [1.29, 1.82) is 0 Å². The second-order valence-corrected chi connectivity index (χ2v) is 11.5. The minimum absolute atomic E-state index is 1.07. The van der Waals surface area contributed by atoms with Crippen molar-refractivity contribution >= 4 is 43.7 Å². The van der Waals surface area contributed by atoms with Crippen LogP contribution in [0.3, 0.4) is 0 Å². The van der Waals surface area contributed by atoms with Gasteiger partial charge in [0.25, 0.3) is 0 Å². The zero-order valence-corrected chi connectivity index (χ0v) is 24.6. The van der Waals surface area contributed by atoms with Crippen LogP contribution in [0.5, 0.6) is 0 Å². The van der Waals surface area contributed by atoms with Crippen molar-refractivity contribution in [2.75, 3.05) is 5.32 Å². The van der Waals surface area contributed by atoms with Crippen molar-refractivity contribution in [2.45, 2.75) is 6.92 Å². The predicted octanol–water partition coefficient (Wildman–Crippen LogP) is 12.2. The molecule has 0 aromatic heterocycles. The summed E-state index contributed by atoms with van der Waals surface area (Å²) < 4.78 is 0. The normalized spacial score (nSPS) is 11.3. The van der Waals surface area contributed by atoms with Gasteiger partial charge in [0.05, 0.1) is 0 Å². The number of hydrogen-bond acceptors (Lipinski definition) is 1. The van der Waals surface area contributed by atoms with Crippen LogP contribution in [0.4, 0.5) is 11.4 Å². The van der Waals surface area contributed by atoms with E-state index < -0.39 is 0 Å². The van der Waals surface area contributed by atoms with Crippen LogP contribution in [0.15, 0.2) is 164 Å². The second kappa shape index (κ2) is 10.9. The van der Waals surface area contributed by atoms with Crippen LogP contribution in [0.1, 0.15) is 5.56 Å². The highest BCUT2D eigenvalue weighted by atomic mass is 14.9. The topological polar surface area (TPSA) is 12.0 Å². The predicted molar refractivity (Wildman–Crippen MR) is 190 cm³/mol. The molecule has 0 amide bonds. The third-order valence-electron chi connectivity index (χ3n) is 8.82. The standard InChI is InChI=1S/C43H31N/c1-29-10-2-3-11-35(29)41-16-8-9-17-43(41)44-34-25-22-31(23-26-34)30-18-20-32(21-19-30)33-24-27-40-38-14-5-4-12-36(38)37-13-6-7-15-39(37)42(40)28-33/h2-28,44H,1H3. The molecule has 1 nitrogen and oxygen atoms in total. The number of nitrogens with one attached hydrogen (secondary N) is 1. The number of anilines is 2. The lowest BCUT2D eigenvalue weighted by molar-refractivity contribution is 1.45. The smallest absolute Gasteiger partial charge is 0.0464 e. The van der Waals surface area contributed by atoms with Gasteiger partial charge in [0, 0.05) is 16.9 Å². The summed E-state index contributed by atoms with van der Waals surface area (Å²) >= 11 is 0. The van der Waals surface area contributed by atoms with Gasteiger partial charge in [0.1, 0.15) is 0 Å². The number of benzene rings is 8. The molecule has 0 aliphatic carbocycles.